The van der Waals surface area contributed by atoms with Gasteiger partial charge in [0.05, 0.1) is 6.42 Å². The smallest absolute Gasteiger partial charge is 0.314 e. The Kier molecular flexibility index (Phi) is 4.47. The molecule has 1 aliphatic heterocycles. The molecule has 1 N–H and O–H groups in total. The largest absolute Gasteiger partial charge is 0.390 e. The van der Waals surface area contributed by atoms with E-state index >= 15 is 0 Å². The molecule has 1 atom stereocenters. The van der Waals surface area contributed by atoms with Crippen LogP contribution < -0.4 is 5.32 Å². The highest BCUT2D eigenvalue weighted by atomic mass is 19.4. The highest BCUT2D eigenvalue weighted by Gasteiger charge is 2.35. The van der Waals surface area contributed by atoms with Gasteiger partial charge in [0.25, 0.3) is 0 Å². The standard InChI is InChI=1S/C14H19F3N2/c1-11-3-2-4-12(9-11)13(10-14(15,16)17)19-7-5-18-6-8-19/h2-4,9,13,18H,5-8,10H2,1H3/t13-/m0/s1. The van der Waals surface area contributed by atoms with Crippen molar-refractivity contribution in [1.29, 1.82) is 0 Å². The Labute approximate surface area is 111 Å². The fourth-order valence-corrected chi connectivity index (χ4v) is 2.55. The lowest BCUT2D eigenvalue weighted by Gasteiger charge is -2.35. The van der Waals surface area contributed by atoms with Crippen LogP contribution in [0.5, 0.6) is 0 Å². The summed E-state index contributed by atoms with van der Waals surface area (Å²) in [5.74, 6) is 0. The first-order chi connectivity index (χ1) is 8.96. The normalized spacial score (nSPS) is 19.4. The maximum absolute atomic E-state index is 12.8. The third-order valence-corrected chi connectivity index (χ3v) is 3.44. The summed E-state index contributed by atoms with van der Waals surface area (Å²) in [7, 11) is 0. The molecule has 1 heterocycles. The molecule has 0 aromatic heterocycles. The number of hydrogen-bond donors (Lipinski definition) is 1. The lowest BCUT2D eigenvalue weighted by atomic mass is 9.99. The van der Waals surface area contributed by atoms with E-state index < -0.39 is 18.6 Å². The van der Waals surface area contributed by atoms with E-state index in [0.29, 0.717) is 13.1 Å². The number of nitrogens with zero attached hydrogens (tertiary/aromatic N) is 1. The van der Waals surface area contributed by atoms with E-state index in [-0.39, 0.29) is 0 Å². The molecule has 0 amide bonds. The summed E-state index contributed by atoms with van der Waals surface area (Å²) in [5, 5.41) is 3.17. The van der Waals surface area contributed by atoms with Crippen molar-refractivity contribution < 1.29 is 13.2 Å². The molecular weight excluding hydrogens is 253 g/mol. The quantitative estimate of drug-likeness (QED) is 0.910. The second-order valence-corrected chi connectivity index (χ2v) is 5.04. The second kappa shape index (κ2) is 5.92. The molecule has 0 spiro atoms. The van der Waals surface area contributed by atoms with Crippen LogP contribution in [0, 0.1) is 6.92 Å². The Morgan fingerprint density at radius 3 is 2.53 bits per heavy atom. The van der Waals surface area contributed by atoms with Crippen LogP contribution in [0.3, 0.4) is 0 Å². The molecular formula is C14H19F3N2. The van der Waals surface area contributed by atoms with Crippen molar-refractivity contribution in [1.82, 2.24) is 10.2 Å². The summed E-state index contributed by atoms with van der Waals surface area (Å²) in [5.41, 5.74) is 1.76. The third kappa shape index (κ3) is 4.21. The number of alkyl halides is 3. The van der Waals surface area contributed by atoms with Crippen molar-refractivity contribution in [2.24, 2.45) is 0 Å². The first kappa shape index (κ1) is 14.3. The van der Waals surface area contributed by atoms with E-state index in [9.17, 15) is 13.2 Å². The predicted molar refractivity (Wildman–Crippen MR) is 69.0 cm³/mol. The van der Waals surface area contributed by atoms with Gasteiger partial charge < -0.3 is 5.32 Å². The van der Waals surface area contributed by atoms with Gasteiger partial charge in [0.1, 0.15) is 0 Å². The van der Waals surface area contributed by atoms with Crippen LogP contribution >= 0.6 is 0 Å². The molecule has 2 rings (SSSR count). The molecule has 1 saturated heterocycles. The van der Waals surface area contributed by atoms with Gasteiger partial charge in [0, 0.05) is 32.2 Å². The zero-order valence-electron chi connectivity index (χ0n) is 11.0. The van der Waals surface area contributed by atoms with E-state index in [2.05, 4.69) is 5.32 Å². The Morgan fingerprint density at radius 1 is 1.26 bits per heavy atom. The van der Waals surface area contributed by atoms with E-state index in [4.69, 9.17) is 0 Å². The van der Waals surface area contributed by atoms with Gasteiger partial charge in [-0.1, -0.05) is 29.8 Å². The molecule has 1 aromatic carbocycles. The number of piperazine rings is 1. The summed E-state index contributed by atoms with van der Waals surface area (Å²) >= 11 is 0. The average Bonchev–Trinajstić information content (AvgIpc) is 2.36. The van der Waals surface area contributed by atoms with Crippen LogP contribution in [0.25, 0.3) is 0 Å². The van der Waals surface area contributed by atoms with E-state index in [1.54, 1.807) is 6.07 Å². The van der Waals surface area contributed by atoms with Crippen molar-refractivity contribution in [3.8, 4) is 0 Å². The minimum atomic E-state index is -4.14. The summed E-state index contributed by atoms with van der Waals surface area (Å²) in [6, 6.07) is 6.83. The van der Waals surface area contributed by atoms with Gasteiger partial charge in [-0.05, 0) is 12.5 Å². The third-order valence-electron chi connectivity index (χ3n) is 3.44. The van der Waals surface area contributed by atoms with Crippen LogP contribution in [0.1, 0.15) is 23.6 Å². The number of hydrogen-bond acceptors (Lipinski definition) is 2. The Balaban J connectivity index is 2.22. The van der Waals surface area contributed by atoms with E-state index in [1.807, 2.05) is 30.0 Å². The number of rotatable bonds is 3. The van der Waals surface area contributed by atoms with Gasteiger partial charge in [0.15, 0.2) is 0 Å². The van der Waals surface area contributed by atoms with Gasteiger partial charge >= 0.3 is 6.18 Å². The highest BCUT2D eigenvalue weighted by molar-refractivity contribution is 5.25. The molecule has 5 heteroatoms. The van der Waals surface area contributed by atoms with Gasteiger partial charge in [0.2, 0.25) is 0 Å². The van der Waals surface area contributed by atoms with Gasteiger partial charge in [-0.3, -0.25) is 4.90 Å². The number of aryl methyl sites for hydroxylation is 1. The lowest BCUT2D eigenvalue weighted by molar-refractivity contribution is -0.148. The fourth-order valence-electron chi connectivity index (χ4n) is 2.55. The first-order valence-electron chi connectivity index (χ1n) is 6.54. The van der Waals surface area contributed by atoms with Crippen LogP contribution in [-0.4, -0.2) is 37.3 Å². The molecule has 0 aliphatic carbocycles. The van der Waals surface area contributed by atoms with Crippen molar-refractivity contribution >= 4 is 0 Å². The minimum Gasteiger partial charge on any atom is -0.314 e. The maximum atomic E-state index is 12.8. The molecule has 0 unspecified atom stereocenters. The summed E-state index contributed by atoms with van der Waals surface area (Å²) in [6.45, 7) is 4.73. The summed E-state index contributed by atoms with van der Waals surface area (Å²) < 4.78 is 38.4. The molecule has 0 saturated carbocycles. The van der Waals surface area contributed by atoms with Gasteiger partial charge in [-0.15, -0.1) is 0 Å². The van der Waals surface area contributed by atoms with Crippen molar-refractivity contribution in [3.05, 3.63) is 35.4 Å². The van der Waals surface area contributed by atoms with Crippen molar-refractivity contribution in [3.63, 3.8) is 0 Å². The molecule has 1 aromatic rings. The summed E-state index contributed by atoms with van der Waals surface area (Å²) in [4.78, 5) is 1.93. The predicted octanol–water partition coefficient (Wildman–Crippen LogP) is 2.89. The maximum Gasteiger partial charge on any atom is 0.390 e. The van der Waals surface area contributed by atoms with Crippen molar-refractivity contribution in [2.45, 2.75) is 25.6 Å². The molecule has 0 bridgehead atoms. The Bertz CT molecular complexity index is 411. The zero-order chi connectivity index (χ0) is 13.9. The molecule has 0 radical (unpaired) electrons. The molecule has 1 aliphatic rings. The SMILES string of the molecule is Cc1cccc([C@H](CC(F)(F)F)N2CCNCC2)c1. The molecule has 1 fully saturated rings. The number of benzene rings is 1. The van der Waals surface area contributed by atoms with Crippen LogP contribution in [-0.2, 0) is 0 Å². The lowest BCUT2D eigenvalue weighted by Crippen LogP contribution is -2.46. The van der Waals surface area contributed by atoms with Crippen molar-refractivity contribution in [2.75, 3.05) is 26.2 Å². The molecule has 106 valence electrons. The zero-order valence-corrected chi connectivity index (χ0v) is 11.0. The topological polar surface area (TPSA) is 15.3 Å². The van der Waals surface area contributed by atoms with E-state index in [0.717, 1.165) is 24.2 Å². The van der Waals surface area contributed by atoms with Gasteiger partial charge in [-0.2, -0.15) is 13.2 Å². The first-order valence-corrected chi connectivity index (χ1v) is 6.54. The average molecular weight is 272 g/mol. The Hall–Kier alpha value is -1.07. The number of nitrogens with one attached hydrogen (secondary N) is 1. The Morgan fingerprint density at radius 2 is 1.95 bits per heavy atom. The van der Waals surface area contributed by atoms with Crippen LogP contribution in [0.15, 0.2) is 24.3 Å². The van der Waals surface area contributed by atoms with Crippen LogP contribution in [0.4, 0.5) is 13.2 Å². The van der Waals surface area contributed by atoms with Crippen LogP contribution in [0.2, 0.25) is 0 Å². The number of halogens is 3. The minimum absolute atomic E-state index is 0.568. The monoisotopic (exact) mass is 272 g/mol. The molecule has 2 nitrogen and oxygen atoms in total. The van der Waals surface area contributed by atoms with E-state index in [1.165, 1.54) is 0 Å². The summed E-state index contributed by atoms with van der Waals surface area (Å²) in [6.07, 6.45) is -4.92. The second-order valence-electron chi connectivity index (χ2n) is 5.04. The molecule has 19 heavy (non-hydrogen) atoms. The fraction of sp³-hybridized carbons (Fsp3) is 0.571. The highest BCUT2D eigenvalue weighted by Crippen LogP contribution is 2.34. The van der Waals surface area contributed by atoms with Gasteiger partial charge in [-0.25, -0.2) is 0 Å².